The second kappa shape index (κ2) is 8.76. The number of hydrogen-bond donors (Lipinski definition) is 2. The van der Waals surface area contributed by atoms with E-state index in [0.717, 1.165) is 11.5 Å². The molecule has 1 aromatic heterocycles. The van der Waals surface area contributed by atoms with Crippen LogP contribution in [0.15, 0.2) is 53.4 Å². The maximum Gasteiger partial charge on any atom is 0.265 e. The molecule has 3 rings (SSSR count). The Hall–Kier alpha value is -3.04. The van der Waals surface area contributed by atoms with E-state index in [-0.39, 0.29) is 10.6 Å². The zero-order valence-corrected chi connectivity index (χ0v) is 18.5. The first-order valence-electron chi connectivity index (χ1n) is 8.94. The molecule has 2 aromatic carbocycles. The summed E-state index contributed by atoms with van der Waals surface area (Å²) in [6.45, 7) is 1.82. The molecule has 0 atom stereocenters. The van der Waals surface area contributed by atoms with Gasteiger partial charge in [0.2, 0.25) is 0 Å². The van der Waals surface area contributed by atoms with Gasteiger partial charge in [0.15, 0.2) is 0 Å². The van der Waals surface area contributed by atoms with Gasteiger partial charge in [-0.1, -0.05) is 11.6 Å². The molecule has 8 nitrogen and oxygen atoms in total. The molecule has 158 valence electrons. The number of nitrogens with one attached hydrogen (secondary N) is 2. The van der Waals surface area contributed by atoms with Crippen LogP contribution in [0.4, 0.5) is 23.0 Å². The van der Waals surface area contributed by atoms with Gasteiger partial charge in [-0.2, -0.15) is 0 Å². The van der Waals surface area contributed by atoms with E-state index in [1.54, 1.807) is 30.3 Å². The molecule has 3 aromatic rings. The number of nitrogens with zero attached hydrogens (tertiary/aromatic N) is 3. The predicted octanol–water partition coefficient (Wildman–Crippen LogP) is 4.06. The highest BCUT2D eigenvalue weighted by Crippen LogP contribution is 2.29. The summed E-state index contributed by atoms with van der Waals surface area (Å²) < 4.78 is 33.2. The highest BCUT2D eigenvalue weighted by molar-refractivity contribution is 7.92. The molecular weight excluding hydrogens is 426 g/mol. The molecule has 0 saturated heterocycles. The summed E-state index contributed by atoms with van der Waals surface area (Å²) in [4.78, 5) is 10.6. The molecule has 0 bridgehead atoms. The van der Waals surface area contributed by atoms with Crippen LogP contribution >= 0.6 is 11.6 Å². The Morgan fingerprint density at radius 1 is 1.00 bits per heavy atom. The maximum atomic E-state index is 12.8. The van der Waals surface area contributed by atoms with Crippen molar-refractivity contribution in [2.75, 3.05) is 36.1 Å². The van der Waals surface area contributed by atoms with Crippen molar-refractivity contribution in [2.45, 2.75) is 11.8 Å². The molecule has 0 fully saturated rings. The fourth-order valence-corrected chi connectivity index (χ4v) is 4.18. The Labute approximate surface area is 180 Å². The van der Waals surface area contributed by atoms with Crippen molar-refractivity contribution in [3.05, 3.63) is 59.4 Å². The molecule has 0 aliphatic heterocycles. The van der Waals surface area contributed by atoms with Gasteiger partial charge in [-0.25, -0.2) is 18.4 Å². The number of aryl methyl sites for hydroxylation is 1. The molecule has 0 aliphatic carbocycles. The van der Waals surface area contributed by atoms with Gasteiger partial charge in [0.1, 0.15) is 28.1 Å². The van der Waals surface area contributed by atoms with Gasteiger partial charge >= 0.3 is 0 Å². The summed E-state index contributed by atoms with van der Waals surface area (Å²) in [5.74, 6) is 2.28. The van der Waals surface area contributed by atoms with Crippen LogP contribution in [0, 0.1) is 6.92 Å². The molecule has 0 unspecified atom stereocenters. The lowest BCUT2D eigenvalue weighted by Gasteiger charge is -2.14. The number of anilines is 4. The van der Waals surface area contributed by atoms with Gasteiger partial charge in [0.25, 0.3) is 10.0 Å². The number of ether oxygens (including phenoxy) is 1. The van der Waals surface area contributed by atoms with Crippen LogP contribution in [0.2, 0.25) is 5.02 Å². The van der Waals surface area contributed by atoms with Gasteiger partial charge in [-0.15, -0.1) is 0 Å². The summed E-state index contributed by atoms with van der Waals surface area (Å²) in [5.41, 5.74) is 1.15. The van der Waals surface area contributed by atoms with Crippen molar-refractivity contribution in [2.24, 2.45) is 0 Å². The van der Waals surface area contributed by atoms with E-state index < -0.39 is 10.0 Å². The lowest BCUT2D eigenvalue weighted by Crippen LogP contribution is -2.14. The Balaban J connectivity index is 1.79. The minimum Gasteiger partial charge on any atom is -0.495 e. The number of halogens is 1. The summed E-state index contributed by atoms with van der Waals surface area (Å²) in [7, 11) is 1.33. The van der Waals surface area contributed by atoms with Crippen molar-refractivity contribution in [1.82, 2.24) is 9.97 Å². The third kappa shape index (κ3) is 5.11. The van der Waals surface area contributed by atoms with Crippen molar-refractivity contribution < 1.29 is 13.2 Å². The van der Waals surface area contributed by atoms with E-state index >= 15 is 0 Å². The second-order valence-electron chi connectivity index (χ2n) is 6.66. The zero-order chi connectivity index (χ0) is 21.9. The van der Waals surface area contributed by atoms with Crippen LogP contribution < -0.4 is 19.7 Å². The standard InChI is InChI=1S/C20H22ClN5O3S/c1-13-22-19(12-20(23-13)26(2)3)24-15-6-8-16(9-7-15)25-30(27,28)18-11-14(21)5-10-17(18)29-4/h5-12,25H,1-4H3,(H,22,23,24). The minimum atomic E-state index is -3.88. The topological polar surface area (TPSA) is 96.5 Å². The molecule has 10 heteroatoms. The smallest absolute Gasteiger partial charge is 0.265 e. The van der Waals surface area contributed by atoms with Gasteiger partial charge in [-0.05, 0) is 49.4 Å². The first kappa shape index (κ1) is 21.7. The Morgan fingerprint density at radius 3 is 2.30 bits per heavy atom. The quantitative estimate of drug-likeness (QED) is 0.563. The van der Waals surface area contributed by atoms with Crippen LogP contribution in [0.25, 0.3) is 0 Å². The third-order valence-electron chi connectivity index (χ3n) is 4.11. The first-order chi connectivity index (χ1) is 14.2. The zero-order valence-electron chi connectivity index (χ0n) is 17.0. The van der Waals surface area contributed by atoms with Gasteiger partial charge in [0, 0.05) is 36.6 Å². The average molecular weight is 448 g/mol. The summed E-state index contributed by atoms with van der Waals surface area (Å²) >= 11 is 5.95. The van der Waals surface area contributed by atoms with E-state index in [0.29, 0.717) is 22.4 Å². The van der Waals surface area contributed by atoms with Gasteiger partial charge < -0.3 is 15.0 Å². The van der Waals surface area contributed by atoms with E-state index in [9.17, 15) is 8.42 Å². The van der Waals surface area contributed by atoms with Crippen molar-refractivity contribution in [1.29, 1.82) is 0 Å². The van der Waals surface area contributed by atoms with Crippen LogP contribution in [0.1, 0.15) is 5.82 Å². The average Bonchev–Trinajstić information content (AvgIpc) is 2.69. The number of rotatable bonds is 7. The molecule has 1 heterocycles. The van der Waals surface area contributed by atoms with E-state index in [4.69, 9.17) is 16.3 Å². The van der Waals surface area contributed by atoms with Crippen LogP contribution in [0.5, 0.6) is 5.75 Å². The van der Waals surface area contributed by atoms with E-state index in [1.807, 2.05) is 32.0 Å². The molecule has 30 heavy (non-hydrogen) atoms. The van der Waals surface area contributed by atoms with Crippen LogP contribution in [0.3, 0.4) is 0 Å². The lowest BCUT2D eigenvalue weighted by molar-refractivity contribution is 0.403. The van der Waals surface area contributed by atoms with E-state index in [1.165, 1.54) is 19.2 Å². The van der Waals surface area contributed by atoms with Crippen LogP contribution in [-0.4, -0.2) is 39.6 Å². The first-order valence-corrected chi connectivity index (χ1v) is 10.8. The number of benzene rings is 2. The Bertz CT molecular complexity index is 1150. The van der Waals surface area contributed by atoms with Crippen molar-refractivity contribution in [3.8, 4) is 5.75 Å². The molecule has 2 N–H and O–H groups in total. The van der Waals surface area contributed by atoms with Gasteiger partial charge in [-0.3, -0.25) is 4.72 Å². The third-order valence-corrected chi connectivity index (χ3v) is 5.74. The lowest BCUT2D eigenvalue weighted by atomic mass is 10.3. The Morgan fingerprint density at radius 2 is 1.67 bits per heavy atom. The van der Waals surface area contributed by atoms with Crippen molar-refractivity contribution >= 4 is 44.6 Å². The molecule has 0 amide bonds. The van der Waals surface area contributed by atoms with Crippen molar-refractivity contribution in [3.63, 3.8) is 0 Å². The maximum absolute atomic E-state index is 12.8. The molecule has 0 aliphatic rings. The number of aromatic nitrogens is 2. The fourth-order valence-electron chi connectivity index (χ4n) is 2.69. The molecule has 0 saturated carbocycles. The SMILES string of the molecule is COc1ccc(Cl)cc1S(=O)(=O)Nc1ccc(Nc2cc(N(C)C)nc(C)n2)cc1. The highest BCUT2D eigenvalue weighted by Gasteiger charge is 2.20. The van der Waals surface area contributed by atoms with E-state index in [2.05, 4.69) is 20.0 Å². The summed E-state index contributed by atoms with van der Waals surface area (Å²) in [6.07, 6.45) is 0. The molecule has 0 radical (unpaired) electrons. The number of hydrogen-bond acceptors (Lipinski definition) is 7. The number of methoxy groups -OCH3 is 1. The fraction of sp³-hybridized carbons (Fsp3) is 0.200. The number of sulfonamides is 1. The normalized spacial score (nSPS) is 11.1. The predicted molar refractivity (Wildman–Crippen MR) is 120 cm³/mol. The largest absolute Gasteiger partial charge is 0.495 e. The van der Waals surface area contributed by atoms with Crippen LogP contribution in [-0.2, 0) is 10.0 Å². The molecule has 0 spiro atoms. The second-order valence-corrected chi connectivity index (χ2v) is 8.74. The highest BCUT2D eigenvalue weighted by atomic mass is 35.5. The monoisotopic (exact) mass is 447 g/mol. The summed E-state index contributed by atoms with van der Waals surface area (Å²) in [6, 6.07) is 13.1. The Kier molecular flexibility index (Phi) is 6.33. The summed E-state index contributed by atoms with van der Waals surface area (Å²) in [5, 5.41) is 3.49. The minimum absolute atomic E-state index is 0.0348. The van der Waals surface area contributed by atoms with Gasteiger partial charge in [0.05, 0.1) is 7.11 Å². The molecular formula is C20H22ClN5O3S.